The van der Waals surface area contributed by atoms with Crippen LogP contribution < -0.4 is 15.8 Å². The number of sulfonamides is 1. The van der Waals surface area contributed by atoms with Crippen LogP contribution in [0.1, 0.15) is 54.2 Å². The highest BCUT2D eigenvalue weighted by atomic mass is 32.2. The Morgan fingerprint density at radius 2 is 1.18 bits per heavy atom. The maximum Gasteiger partial charge on any atom is 0.239 e. The molecule has 3 aliphatic rings. The van der Waals surface area contributed by atoms with Crippen molar-refractivity contribution in [2.24, 2.45) is 20.4 Å². The Bertz CT molecular complexity index is 1500. The van der Waals surface area contributed by atoms with Crippen molar-refractivity contribution >= 4 is 15.9 Å². The molecule has 0 aliphatic carbocycles. The molecular formula is C30H34N6O2S. The molecule has 3 aliphatic heterocycles. The highest BCUT2D eigenvalue weighted by molar-refractivity contribution is 7.89. The highest BCUT2D eigenvalue weighted by Crippen LogP contribution is 2.39. The zero-order valence-corrected chi connectivity index (χ0v) is 22.8. The van der Waals surface area contributed by atoms with Crippen molar-refractivity contribution < 1.29 is 8.42 Å². The number of piperidine rings is 2. The highest BCUT2D eigenvalue weighted by Gasteiger charge is 2.28. The molecular weight excluding hydrogens is 508 g/mol. The molecule has 0 unspecified atom stereocenters. The molecule has 202 valence electrons. The Morgan fingerprint density at radius 3 is 1.64 bits per heavy atom. The van der Waals surface area contributed by atoms with Crippen LogP contribution in [-0.2, 0) is 10.0 Å². The number of benzene rings is 3. The summed E-state index contributed by atoms with van der Waals surface area (Å²) in [5, 5.41) is 21.0. The topological polar surface area (TPSA) is 121 Å². The van der Waals surface area contributed by atoms with Gasteiger partial charge in [0.15, 0.2) is 12.5 Å². The molecule has 6 rings (SSSR count). The zero-order chi connectivity index (χ0) is 26.8. The Morgan fingerprint density at radius 1 is 0.692 bits per heavy atom. The first-order valence-corrected chi connectivity index (χ1v) is 15.3. The molecule has 39 heavy (non-hydrogen) atoms. The Kier molecular flexibility index (Phi) is 7.40. The summed E-state index contributed by atoms with van der Waals surface area (Å²) in [6.45, 7) is 4.26. The molecule has 3 heterocycles. The lowest BCUT2D eigenvalue weighted by atomic mass is 9.87. The molecule has 0 saturated carbocycles. The van der Waals surface area contributed by atoms with E-state index in [1.807, 2.05) is 24.3 Å². The Hall–Kier alpha value is -3.24. The predicted octanol–water partition coefficient (Wildman–Crippen LogP) is 4.77. The van der Waals surface area contributed by atoms with Gasteiger partial charge < -0.3 is 10.6 Å². The SMILES string of the molecule is NS(=O)(=O)c1c(-c2ccc(C3CCNCC3)cc2)ccc(-c2ccc(C3CCNCC3)cc2)c1C1=NCN=N1. The van der Waals surface area contributed by atoms with Gasteiger partial charge in [-0.2, -0.15) is 5.11 Å². The molecule has 9 heteroatoms. The van der Waals surface area contributed by atoms with Gasteiger partial charge in [0, 0.05) is 11.1 Å². The number of hydrogen-bond acceptors (Lipinski definition) is 7. The third-order valence-electron chi connectivity index (χ3n) is 8.18. The number of hydrogen-bond donors (Lipinski definition) is 3. The number of aliphatic imine (C=N–C) groups is 1. The minimum atomic E-state index is -4.13. The largest absolute Gasteiger partial charge is 0.317 e. The number of primary sulfonamides is 1. The molecule has 4 N–H and O–H groups in total. The number of amidine groups is 1. The van der Waals surface area contributed by atoms with Crippen molar-refractivity contribution in [3.8, 4) is 22.3 Å². The summed E-state index contributed by atoms with van der Waals surface area (Å²) in [6, 6.07) is 20.4. The van der Waals surface area contributed by atoms with E-state index in [2.05, 4.69) is 62.3 Å². The van der Waals surface area contributed by atoms with Crippen molar-refractivity contribution in [2.45, 2.75) is 42.4 Å². The minimum absolute atomic E-state index is 0.0386. The van der Waals surface area contributed by atoms with Crippen LogP contribution in [0, 0.1) is 0 Å². The molecule has 0 bridgehead atoms. The first-order chi connectivity index (χ1) is 19.0. The first-order valence-electron chi connectivity index (χ1n) is 13.7. The van der Waals surface area contributed by atoms with E-state index in [1.165, 1.54) is 11.1 Å². The summed E-state index contributed by atoms with van der Waals surface area (Å²) in [5.74, 6) is 1.34. The van der Waals surface area contributed by atoms with E-state index in [4.69, 9.17) is 5.14 Å². The molecule has 3 aromatic carbocycles. The molecule has 0 atom stereocenters. The van der Waals surface area contributed by atoms with Crippen molar-refractivity contribution in [1.82, 2.24) is 10.6 Å². The second kappa shape index (κ2) is 11.1. The molecule has 0 amide bonds. The molecule has 2 saturated heterocycles. The van der Waals surface area contributed by atoms with Gasteiger partial charge in [-0.25, -0.2) is 18.5 Å². The molecule has 0 aromatic heterocycles. The van der Waals surface area contributed by atoms with Crippen LogP contribution in [0.4, 0.5) is 0 Å². The summed E-state index contributed by atoms with van der Waals surface area (Å²) in [7, 11) is -4.13. The predicted molar refractivity (Wildman–Crippen MR) is 155 cm³/mol. The van der Waals surface area contributed by atoms with Crippen LogP contribution in [0.5, 0.6) is 0 Å². The standard InChI is InChI=1S/C30H34N6O2S/c31-39(37,38)29-27(25-7-3-21(4-8-25)23-13-17-33-18-14-23)10-9-26(28(29)30-34-19-35-36-30)24-5-1-20(2-6-24)22-11-15-32-16-12-22/h1-10,22-23,32-33H,11-19H2,(H2,31,37,38). The van der Waals surface area contributed by atoms with E-state index in [1.54, 1.807) is 0 Å². The van der Waals surface area contributed by atoms with Gasteiger partial charge in [-0.05, 0) is 91.5 Å². The van der Waals surface area contributed by atoms with Crippen LogP contribution >= 0.6 is 0 Å². The van der Waals surface area contributed by atoms with E-state index >= 15 is 0 Å². The van der Waals surface area contributed by atoms with Crippen LogP contribution in [-0.4, -0.2) is 47.1 Å². The first kappa shape index (κ1) is 26.0. The molecule has 0 spiro atoms. The minimum Gasteiger partial charge on any atom is -0.317 e. The second-order valence-corrected chi connectivity index (χ2v) is 12.1. The number of nitrogens with two attached hydrogens (primary N) is 1. The summed E-state index contributed by atoms with van der Waals surface area (Å²) in [6.07, 6.45) is 4.43. The number of nitrogens with zero attached hydrogens (tertiary/aromatic N) is 3. The van der Waals surface area contributed by atoms with Gasteiger partial charge in [-0.3, -0.25) is 0 Å². The third kappa shape index (κ3) is 5.45. The summed E-state index contributed by atoms with van der Waals surface area (Å²) in [5.41, 5.74) is 5.95. The molecule has 8 nitrogen and oxygen atoms in total. The fourth-order valence-corrected chi connectivity index (χ4v) is 7.08. The number of azo groups is 1. The van der Waals surface area contributed by atoms with Gasteiger partial charge in [-0.1, -0.05) is 60.7 Å². The van der Waals surface area contributed by atoms with Crippen LogP contribution in [0.15, 0.2) is 80.8 Å². The quantitative estimate of drug-likeness (QED) is 0.415. The second-order valence-electron chi connectivity index (χ2n) is 10.6. The van der Waals surface area contributed by atoms with Crippen molar-refractivity contribution in [2.75, 3.05) is 32.8 Å². The lowest BCUT2D eigenvalue weighted by Gasteiger charge is -2.23. The van der Waals surface area contributed by atoms with Gasteiger partial charge >= 0.3 is 0 Å². The van der Waals surface area contributed by atoms with E-state index in [0.29, 0.717) is 28.8 Å². The molecule has 3 aromatic rings. The lowest BCUT2D eigenvalue weighted by Crippen LogP contribution is -2.26. The van der Waals surface area contributed by atoms with E-state index in [-0.39, 0.29) is 11.6 Å². The normalized spacial score (nSPS) is 18.8. The van der Waals surface area contributed by atoms with Crippen LogP contribution in [0.2, 0.25) is 0 Å². The van der Waals surface area contributed by atoms with Crippen molar-refractivity contribution in [3.63, 3.8) is 0 Å². The Balaban J connectivity index is 1.44. The maximum atomic E-state index is 13.2. The van der Waals surface area contributed by atoms with Gasteiger partial charge in [-0.15, -0.1) is 5.11 Å². The fourth-order valence-electron chi connectivity index (χ4n) is 6.11. The third-order valence-corrected chi connectivity index (χ3v) is 9.17. The average Bonchev–Trinajstić information content (AvgIpc) is 3.52. The van der Waals surface area contributed by atoms with E-state index in [0.717, 1.165) is 68.6 Å². The lowest BCUT2D eigenvalue weighted by molar-refractivity contribution is 0.460. The van der Waals surface area contributed by atoms with Gasteiger partial charge in [0.25, 0.3) is 0 Å². The van der Waals surface area contributed by atoms with Gasteiger partial charge in [0.2, 0.25) is 10.0 Å². The van der Waals surface area contributed by atoms with Gasteiger partial charge in [0.05, 0.1) is 0 Å². The summed E-state index contributed by atoms with van der Waals surface area (Å²) in [4.78, 5) is 4.46. The van der Waals surface area contributed by atoms with Crippen molar-refractivity contribution in [3.05, 3.63) is 77.4 Å². The number of rotatable bonds is 6. The average molecular weight is 543 g/mol. The molecule has 2 fully saturated rings. The number of nitrogens with one attached hydrogen (secondary N) is 2. The van der Waals surface area contributed by atoms with E-state index < -0.39 is 10.0 Å². The summed E-state index contributed by atoms with van der Waals surface area (Å²) >= 11 is 0. The summed E-state index contributed by atoms with van der Waals surface area (Å²) < 4.78 is 26.4. The Labute approximate surface area is 229 Å². The maximum absolute atomic E-state index is 13.2. The van der Waals surface area contributed by atoms with Crippen LogP contribution in [0.3, 0.4) is 0 Å². The van der Waals surface area contributed by atoms with Crippen LogP contribution in [0.25, 0.3) is 22.3 Å². The fraction of sp³-hybridized carbons (Fsp3) is 0.367. The van der Waals surface area contributed by atoms with E-state index in [9.17, 15) is 8.42 Å². The zero-order valence-electron chi connectivity index (χ0n) is 21.9. The van der Waals surface area contributed by atoms with Crippen molar-refractivity contribution in [1.29, 1.82) is 0 Å². The molecule has 0 radical (unpaired) electrons. The van der Waals surface area contributed by atoms with Gasteiger partial charge in [0.1, 0.15) is 4.90 Å². The monoisotopic (exact) mass is 542 g/mol. The smallest absolute Gasteiger partial charge is 0.239 e.